The molecule has 118 valence electrons. The molecule has 0 unspecified atom stereocenters. The summed E-state index contributed by atoms with van der Waals surface area (Å²) in [7, 11) is 0. The highest BCUT2D eigenvalue weighted by Gasteiger charge is 2.07. The van der Waals surface area contributed by atoms with Crippen molar-refractivity contribution in [3.63, 3.8) is 0 Å². The quantitative estimate of drug-likeness (QED) is 0.331. The second kappa shape index (κ2) is 7.89. The average molecular weight is 311 g/mol. The normalized spacial score (nSPS) is 10.7. The van der Waals surface area contributed by atoms with E-state index in [-0.39, 0.29) is 11.5 Å². The van der Waals surface area contributed by atoms with Crippen LogP contribution in [0.15, 0.2) is 54.6 Å². The zero-order valence-electron chi connectivity index (χ0n) is 12.8. The SMILES string of the molecule is CCCOc1ccc(/C=C/C(=O)c2ccc([N+](=O)[O-])cc2)cc1. The van der Waals surface area contributed by atoms with E-state index < -0.39 is 4.92 Å². The van der Waals surface area contributed by atoms with Gasteiger partial charge in [0, 0.05) is 17.7 Å². The van der Waals surface area contributed by atoms with Gasteiger partial charge in [0.1, 0.15) is 5.75 Å². The number of allylic oxidation sites excluding steroid dienone is 1. The van der Waals surface area contributed by atoms with Crippen molar-refractivity contribution in [2.45, 2.75) is 13.3 Å². The van der Waals surface area contributed by atoms with E-state index in [2.05, 4.69) is 0 Å². The number of non-ortho nitro benzene ring substituents is 1. The van der Waals surface area contributed by atoms with E-state index in [1.54, 1.807) is 6.08 Å². The summed E-state index contributed by atoms with van der Waals surface area (Å²) in [5, 5.41) is 10.6. The number of rotatable bonds is 7. The first-order valence-corrected chi connectivity index (χ1v) is 7.30. The molecule has 2 aromatic rings. The summed E-state index contributed by atoms with van der Waals surface area (Å²) in [6, 6.07) is 13.0. The second-order valence-corrected chi connectivity index (χ2v) is 4.92. The summed E-state index contributed by atoms with van der Waals surface area (Å²) in [4.78, 5) is 22.1. The first kappa shape index (κ1) is 16.4. The van der Waals surface area contributed by atoms with Crippen LogP contribution in [-0.4, -0.2) is 17.3 Å². The molecule has 23 heavy (non-hydrogen) atoms. The van der Waals surface area contributed by atoms with Crippen LogP contribution < -0.4 is 4.74 Å². The molecule has 0 bridgehead atoms. The van der Waals surface area contributed by atoms with Crippen LogP contribution in [0.4, 0.5) is 5.69 Å². The molecule has 0 saturated carbocycles. The third kappa shape index (κ3) is 4.78. The van der Waals surface area contributed by atoms with Gasteiger partial charge in [-0.15, -0.1) is 0 Å². The molecule has 0 spiro atoms. The van der Waals surface area contributed by atoms with E-state index in [0.29, 0.717) is 12.2 Å². The number of hydrogen-bond donors (Lipinski definition) is 0. The number of hydrogen-bond acceptors (Lipinski definition) is 4. The van der Waals surface area contributed by atoms with Crippen molar-refractivity contribution >= 4 is 17.5 Å². The molecular weight excluding hydrogens is 294 g/mol. The second-order valence-electron chi connectivity index (χ2n) is 4.92. The summed E-state index contributed by atoms with van der Waals surface area (Å²) in [6.07, 6.45) is 4.10. The van der Waals surface area contributed by atoms with Crippen LogP contribution >= 0.6 is 0 Å². The van der Waals surface area contributed by atoms with Crippen LogP contribution in [-0.2, 0) is 0 Å². The summed E-state index contributed by atoms with van der Waals surface area (Å²) in [5.74, 6) is 0.594. The lowest BCUT2D eigenvalue weighted by molar-refractivity contribution is -0.384. The fourth-order valence-electron chi connectivity index (χ4n) is 1.91. The van der Waals surface area contributed by atoms with Gasteiger partial charge in [0.05, 0.1) is 11.5 Å². The van der Waals surface area contributed by atoms with Crippen molar-refractivity contribution < 1.29 is 14.5 Å². The minimum Gasteiger partial charge on any atom is -0.494 e. The predicted octanol–water partition coefficient (Wildman–Crippen LogP) is 4.28. The molecule has 0 N–H and O–H groups in total. The number of benzene rings is 2. The molecule has 5 nitrogen and oxygen atoms in total. The van der Waals surface area contributed by atoms with Crippen molar-refractivity contribution in [1.82, 2.24) is 0 Å². The molecule has 0 aliphatic rings. The van der Waals surface area contributed by atoms with Gasteiger partial charge in [-0.3, -0.25) is 14.9 Å². The average Bonchev–Trinajstić information content (AvgIpc) is 2.58. The fourth-order valence-corrected chi connectivity index (χ4v) is 1.91. The molecular formula is C18H17NO4. The number of carbonyl (C=O) groups excluding carboxylic acids is 1. The van der Waals surface area contributed by atoms with E-state index >= 15 is 0 Å². The first-order chi connectivity index (χ1) is 11.1. The lowest BCUT2D eigenvalue weighted by atomic mass is 10.1. The van der Waals surface area contributed by atoms with Gasteiger partial charge in [0.2, 0.25) is 0 Å². The van der Waals surface area contributed by atoms with Crippen LogP contribution in [0.25, 0.3) is 6.08 Å². The molecule has 0 radical (unpaired) electrons. The molecule has 0 saturated heterocycles. The van der Waals surface area contributed by atoms with E-state index in [1.807, 2.05) is 31.2 Å². The molecule has 2 aromatic carbocycles. The van der Waals surface area contributed by atoms with Crippen LogP contribution in [0, 0.1) is 10.1 Å². The lowest BCUT2D eigenvalue weighted by Crippen LogP contribution is -1.95. The van der Waals surface area contributed by atoms with E-state index in [1.165, 1.54) is 30.3 Å². The zero-order chi connectivity index (χ0) is 16.7. The van der Waals surface area contributed by atoms with Crippen molar-refractivity contribution in [3.8, 4) is 5.75 Å². The third-order valence-corrected chi connectivity index (χ3v) is 3.14. The fraction of sp³-hybridized carbons (Fsp3) is 0.167. The van der Waals surface area contributed by atoms with Crippen LogP contribution in [0.3, 0.4) is 0 Å². The Morgan fingerprint density at radius 2 is 1.78 bits per heavy atom. The van der Waals surface area contributed by atoms with Crippen molar-refractivity contribution in [2.75, 3.05) is 6.61 Å². The highest BCUT2D eigenvalue weighted by molar-refractivity contribution is 6.06. The van der Waals surface area contributed by atoms with Crippen molar-refractivity contribution in [1.29, 1.82) is 0 Å². The monoisotopic (exact) mass is 311 g/mol. The Kier molecular flexibility index (Phi) is 5.63. The number of ketones is 1. The van der Waals surface area contributed by atoms with Gasteiger partial charge in [0.15, 0.2) is 5.78 Å². The summed E-state index contributed by atoms with van der Waals surface area (Å²) < 4.78 is 5.49. The smallest absolute Gasteiger partial charge is 0.269 e. The number of nitro benzene ring substituents is 1. The summed E-state index contributed by atoms with van der Waals surface area (Å²) >= 11 is 0. The Bertz CT molecular complexity index is 703. The van der Waals surface area contributed by atoms with Crippen LogP contribution in [0.5, 0.6) is 5.75 Å². The Morgan fingerprint density at radius 3 is 2.35 bits per heavy atom. The standard InChI is InChI=1S/C18H17NO4/c1-2-13-23-17-10-3-14(4-11-17)5-12-18(20)15-6-8-16(9-7-15)19(21)22/h3-12H,2,13H2,1H3/b12-5+. The summed E-state index contributed by atoms with van der Waals surface area (Å²) in [5.41, 5.74) is 1.26. The molecule has 0 aliphatic carbocycles. The molecule has 5 heteroatoms. The highest BCUT2D eigenvalue weighted by atomic mass is 16.6. The van der Waals surface area contributed by atoms with Gasteiger partial charge in [0.25, 0.3) is 5.69 Å². The summed E-state index contributed by atoms with van der Waals surface area (Å²) in [6.45, 7) is 2.72. The first-order valence-electron chi connectivity index (χ1n) is 7.30. The molecule has 0 aliphatic heterocycles. The van der Waals surface area contributed by atoms with Gasteiger partial charge < -0.3 is 4.74 Å². The molecule has 0 fully saturated rings. The number of nitro groups is 1. The maximum absolute atomic E-state index is 12.0. The molecule has 0 heterocycles. The lowest BCUT2D eigenvalue weighted by Gasteiger charge is -2.03. The Morgan fingerprint density at radius 1 is 1.13 bits per heavy atom. The third-order valence-electron chi connectivity index (χ3n) is 3.14. The van der Waals surface area contributed by atoms with Gasteiger partial charge in [-0.05, 0) is 42.3 Å². The van der Waals surface area contributed by atoms with Crippen molar-refractivity contribution in [3.05, 3.63) is 75.8 Å². The van der Waals surface area contributed by atoms with E-state index in [0.717, 1.165) is 17.7 Å². The maximum Gasteiger partial charge on any atom is 0.269 e. The van der Waals surface area contributed by atoms with Gasteiger partial charge >= 0.3 is 0 Å². The van der Waals surface area contributed by atoms with Crippen LogP contribution in [0.1, 0.15) is 29.3 Å². The van der Waals surface area contributed by atoms with Crippen molar-refractivity contribution in [2.24, 2.45) is 0 Å². The van der Waals surface area contributed by atoms with Gasteiger partial charge in [-0.1, -0.05) is 25.1 Å². The van der Waals surface area contributed by atoms with Gasteiger partial charge in [-0.25, -0.2) is 0 Å². The van der Waals surface area contributed by atoms with Crippen LogP contribution in [0.2, 0.25) is 0 Å². The topological polar surface area (TPSA) is 69.4 Å². The molecule has 0 aromatic heterocycles. The largest absolute Gasteiger partial charge is 0.494 e. The zero-order valence-corrected chi connectivity index (χ0v) is 12.8. The number of carbonyl (C=O) groups is 1. The Labute approximate surface area is 134 Å². The highest BCUT2D eigenvalue weighted by Crippen LogP contribution is 2.15. The predicted molar refractivity (Wildman–Crippen MR) is 88.7 cm³/mol. The minimum absolute atomic E-state index is 0.0341. The van der Waals surface area contributed by atoms with E-state index in [4.69, 9.17) is 4.74 Å². The minimum atomic E-state index is -0.494. The molecule has 2 rings (SSSR count). The van der Waals surface area contributed by atoms with E-state index in [9.17, 15) is 14.9 Å². The maximum atomic E-state index is 12.0. The Balaban J connectivity index is 2.01. The Hall–Kier alpha value is -2.95. The number of ether oxygens (including phenoxy) is 1. The molecule has 0 amide bonds. The molecule has 0 atom stereocenters. The number of nitrogens with zero attached hydrogens (tertiary/aromatic N) is 1. The van der Waals surface area contributed by atoms with Gasteiger partial charge in [-0.2, -0.15) is 0 Å².